The second-order valence-corrected chi connectivity index (χ2v) is 5.56. The van der Waals surface area contributed by atoms with Crippen molar-refractivity contribution in [2.45, 2.75) is 11.9 Å². The Labute approximate surface area is 117 Å². The molecule has 3 N–H and O–H groups in total. The van der Waals surface area contributed by atoms with E-state index < -0.39 is 10.0 Å². The summed E-state index contributed by atoms with van der Waals surface area (Å²) < 4.78 is 32.0. The van der Waals surface area contributed by atoms with Crippen molar-refractivity contribution < 1.29 is 13.2 Å². The molecule has 0 saturated carbocycles. The molecule has 0 atom stereocenters. The number of anilines is 2. The van der Waals surface area contributed by atoms with Gasteiger partial charge >= 0.3 is 0 Å². The largest absolute Gasteiger partial charge is 0.494 e. The van der Waals surface area contributed by atoms with Crippen LogP contribution in [0.3, 0.4) is 0 Å². The fourth-order valence-electron chi connectivity index (χ4n) is 1.62. The molecule has 1 aromatic heterocycles. The third-order valence-electron chi connectivity index (χ3n) is 2.47. The predicted octanol–water partition coefficient (Wildman–Crippen LogP) is 1.86. The molecule has 0 aliphatic rings. The highest BCUT2D eigenvalue weighted by molar-refractivity contribution is 7.92. The summed E-state index contributed by atoms with van der Waals surface area (Å²) in [6, 6.07) is 9.65. The third kappa shape index (κ3) is 3.18. The van der Waals surface area contributed by atoms with E-state index >= 15 is 0 Å². The van der Waals surface area contributed by atoms with Gasteiger partial charge in [-0.05, 0) is 43.3 Å². The molecule has 106 valence electrons. The zero-order chi connectivity index (χ0) is 14.6. The van der Waals surface area contributed by atoms with Crippen molar-refractivity contribution in [1.29, 1.82) is 0 Å². The van der Waals surface area contributed by atoms with Crippen LogP contribution in [0.15, 0.2) is 47.6 Å². The number of pyridine rings is 1. The molecule has 0 unspecified atom stereocenters. The lowest BCUT2D eigenvalue weighted by molar-refractivity contribution is 0.340. The lowest BCUT2D eigenvalue weighted by Gasteiger charge is -2.09. The van der Waals surface area contributed by atoms with Crippen molar-refractivity contribution in [2.24, 2.45) is 0 Å². The van der Waals surface area contributed by atoms with Gasteiger partial charge in [-0.25, -0.2) is 4.98 Å². The van der Waals surface area contributed by atoms with E-state index in [1.54, 1.807) is 30.3 Å². The van der Waals surface area contributed by atoms with E-state index in [0.717, 1.165) is 0 Å². The van der Waals surface area contributed by atoms with Gasteiger partial charge in [0.1, 0.15) is 5.75 Å². The lowest BCUT2D eigenvalue weighted by Crippen LogP contribution is -2.16. The van der Waals surface area contributed by atoms with E-state index in [2.05, 4.69) is 9.71 Å². The summed E-state index contributed by atoms with van der Waals surface area (Å²) in [5.41, 5.74) is 6.14. The fraction of sp³-hybridized carbons (Fsp3) is 0.154. The summed E-state index contributed by atoms with van der Waals surface area (Å²) in [6.07, 6.45) is 1.38. The molecule has 0 radical (unpaired) electrons. The maximum atomic E-state index is 12.1. The molecule has 0 fully saturated rings. The van der Waals surface area contributed by atoms with Crippen molar-refractivity contribution >= 4 is 21.4 Å². The van der Waals surface area contributed by atoms with Gasteiger partial charge in [0.25, 0.3) is 10.0 Å². The van der Waals surface area contributed by atoms with Gasteiger partial charge in [0, 0.05) is 11.9 Å². The Morgan fingerprint density at radius 2 is 1.95 bits per heavy atom. The standard InChI is InChI=1S/C13H15N3O3S/c1-2-19-11-7-5-10(6-8-11)16-20(17,18)13-12(14)4-3-9-15-13/h3-9,16H,2,14H2,1H3. The molecule has 0 saturated heterocycles. The van der Waals surface area contributed by atoms with E-state index in [4.69, 9.17) is 10.5 Å². The van der Waals surface area contributed by atoms with Crippen LogP contribution in [0.5, 0.6) is 5.75 Å². The summed E-state index contributed by atoms with van der Waals surface area (Å²) in [4.78, 5) is 3.79. The molecule has 1 aromatic carbocycles. The molecule has 0 aliphatic heterocycles. The van der Waals surface area contributed by atoms with Crippen LogP contribution in [-0.2, 0) is 10.0 Å². The van der Waals surface area contributed by atoms with Gasteiger partial charge in [0.15, 0.2) is 5.03 Å². The van der Waals surface area contributed by atoms with Crippen molar-refractivity contribution in [3.05, 3.63) is 42.6 Å². The third-order valence-corrected chi connectivity index (χ3v) is 3.83. The van der Waals surface area contributed by atoms with Crippen molar-refractivity contribution in [1.82, 2.24) is 4.98 Å². The number of nitrogen functional groups attached to an aromatic ring is 1. The minimum atomic E-state index is -3.80. The van der Waals surface area contributed by atoms with Gasteiger partial charge in [0.2, 0.25) is 0 Å². The predicted molar refractivity (Wildman–Crippen MR) is 77.1 cm³/mol. The first-order chi connectivity index (χ1) is 9.53. The van der Waals surface area contributed by atoms with Crippen molar-refractivity contribution in [3.63, 3.8) is 0 Å². The number of hydrogen-bond acceptors (Lipinski definition) is 5. The van der Waals surface area contributed by atoms with E-state index in [1.165, 1.54) is 12.3 Å². The van der Waals surface area contributed by atoms with E-state index in [-0.39, 0.29) is 10.7 Å². The number of aromatic nitrogens is 1. The highest BCUT2D eigenvalue weighted by atomic mass is 32.2. The maximum Gasteiger partial charge on any atom is 0.281 e. The zero-order valence-electron chi connectivity index (χ0n) is 10.9. The first-order valence-electron chi connectivity index (χ1n) is 5.99. The number of nitrogens with one attached hydrogen (secondary N) is 1. The summed E-state index contributed by atoms with van der Waals surface area (Å²) in [6.45, 7) is 2.43. The number of nitrogens with zero attached hydrogens (tertiary/aromatic N) is 1. The Morgan fingerprint density at radius 3 is 2.55 bits per heavy atom. The topological polar surface area (TPSA) is 94.3 Å². The number of sulfonamides is 1. The van der Waals surface area contributed by atoms with Crippen LogP contribution in [0.4, 0.5) is 11.4 Å². The van der Waals surface area contributed by atoms with Crippen molar-refractivity contribution in [2.75, 3.05) is 17.1 Å². The molecule has 0 aliphatic carbocycles. The summed E-state index contributed by atoms with van der Waals surface area (Å²) >= 11 is 0. The normalized spacial score (nSPS) is 11.1. The lowest BCUT2D eigenvalue weighted by atomic mass is 10.3. The summed E-state index contributed by atoms with van der Waals surface area (Å²) in [7, 11) is -3.80. The Balaban J connectivity index is 2.22. The molecular weight excluding hydrogens is 278 g/mol. The van der Waals surface area contributed by atoms with Gasteiger partial charge in [-0.3, -0.25) is 4.72 Å². The van der Waals surface area contributed by atoms with Crippen LogP contribution in [0.1, 0.15) is 6.92 Å². The minimum Gasteiger partial charge on any atom is -0.494 e. The number of benzene rings is 1. The molecule has 1 heterocycles. The number of rotatable bonds is 5. The van der Waals surface area contributed by atoms with Crippen LogP contribution < -0.4 is 15.2 Å². The van der Waals surface area contributed by atoms with Gasteiger partial charge < -0.3 is 10.5 Å². The first kappa shape index (κ1) is 14.1. The van der Waals surface area contributed by atoms with Crippen LogP contribution in [0.25, 0.3) is 0 Å². The average molecular weight is 293 g/mol. The molecule has 0 amide bonds. The van der Waals surface area contributed by atoms with E-state index in [0.29, 0.717) is 18.0 Å². The monoisotopic (exact) mass is 293 g/mol. The highest BCUT2D eigenvalue weighted by Crippen LogP contribution is 2.21. The molecule has 20 heavy (non-hydrogen) atoms. The molecular formula is C13H15N3O3S. The molecule has 2 aromatic rings. The quantitative estimate of drug-likeness (QED) is 0.877. The number of ether oxygens (including phenoxy) is 1. The number of hydrogen-bond donors (Lipinski definition) is 2. The highest BCUT2D eigenvalue weighted by Gasteiger charge is 2.18. The smallest absolute Gasteiger partial charge is 0.281 e. The average Bonchev–Trinajstić information content (AvgIpc) is 2.41. The Morgan fingerprint density at radius 1 is 1.25 bits per heavy atom. The molecule has 0 bridgehead atoms. The zero-order valence-corrected chi connectivity index (χ0v) is 11.7. The number of nitrogens with two attached hydrogens (primary N) is 1. The minimum absolute atomic E-state index is 0.103. The van der Waals surface area contributed by atoms with Crippen LogP contribution >= 0.6 is 0 Å². The SMILES string of the molecule is CCOc1ccc(NS(=O)(=O)c2ncccc2N)cc1. The second kappa shape index (κ2) is 5.79. The van der Waals surface area contributed by atoms with E-state index in [1.807, 2.05) is 6.92 Å². The summed E-state index contributed by atoms with van der Waals surface area (Å²) in [5.74, 6) is 0.674. The molecule has 2 rings (SSSR count). The summed E-state index contributed by atoms with van der Waals surface area (Å²) in [5, 5.41) is -0.186. The Hall–Kier alpha value is -2.28. The fourth-order valence-corrected chi connectivity index (χ4v) is 2.74. The van der Waals surface area contributed by atoms with Crippen molar-refractivity contribution in [3.8, 4) is 5.75 Å². The van der Waals surface area contributed by atoms with Crippen LogP contribution in [-0.4, -0.2) is 20.0 Å². The second-order valence-electron chi connectivity index (χ2n) is 3.96. The van der Waals surface area contributed by atoms with E-state index in [9.17, 15) is 8.42 Å². The van der Waals surface area contributed by atoms with Crippen LogP contribution in [0, 0.1) is 0 Å². The van der Waals surface area contributed by atoms with Gasteiger partial charge in [-0.1, -0.05) is 0 Å². The van der Waals surface area contributed by atoms with Gasteiger partial charge in [-0.2, -0.15) is 8.42 Å². The first-order valence-corrected chi connectivity index (χ1v) is 7.47. The Kier molecular flexibility index (Phi) is 4.09. The van der Waals surface area contributed by atoms with Gasteiger partial charge in [0.05, 0.1) is 12.3 Å². The maximum absolute atomic E-state index is 12.1. The molecule has 7 heteroatoms. The van der Waals surface area contributed by atoms with Gasteiger partial charge in [-0.15, -0.1) is 0 Å². The molecule has 0 spiro atoms. The molecule has 6 nitrogen and oxygen atoms in total. The Bertz CT molecular complexity index is 684. The van der Waals surface area contributed by atoms with Crippen LogP contribution in [0.2, 0.25) is 0 Å².